The van der Waals surface area contributed by atoms with Crippen molar-refractivity contribution in [3.63, 3.8) is 0 Å². The summed E-state index contributed by atoms with van der Waals surface area (Å²) in [6.45, 7) is 0.723. The smallest absolute Gasteiger partial charge is 0.416 e. The quantitative estimate of drug-likeness (QED) is 0.350. The van der Waals surface area contributed by atoms with Gasteiger partial charge >= 0.3 is 18.0 Å². The molecule has 0 unspecified atom stereocenters. The number of ether oxygens (including phenoxy) is 1. The van der Waals surface area contributed by atoms with E-state index >= 15 is 0 Å². The third-order valence-corrected chi connectivity index (χ3v) is 6.59. The van der Waals surface area contributed by atoms with E-state index in [2.05, 4.69) is 5.32 Å². The predicted octanol–water partition coefficient (Wildman–Crippen LogP) is 5.22. The Hall–Kier alpha value is -3.95. The summed E-state index contributed by atoms with van der Waals surface area (Å²) in [7, 11) is 1.21. The highest BCUT2D eigenvalue weighted by Crippen LogP contribution is 2.39. The molecule has 0 aromatic heterocycles. The second-order valence-corrected chi connectivity index (χ2v) is 9.10. The van der Waals surface area contributed by atoms with Crippen LogP contribution in [0.4, 0.5) is 22.0 Å². The molecule has 0 aliphatic carbocycles. The Labute approximate surface area is 216 Å². The molecular formula is C28H25F5N2O3. The second kappa shape index (κ2) is 10.8. The van der Waals surface area contributed by atoms with Crippen LogP contribution < -0.4 is 10.1 Å². The first-order valence-corrected chi connectivity index (χ1v) is 11.9. The molecule has 38 heavy (non-hydrogen) atoms. The number of nitrogens with zero attached hydrogens (tertiary/aromatic N) is 1. The summed E-state index contributed by atoms with van der Waals surface area (Å²) in [4.78, 5) is 27.7. The molecule has 2 amide bonds. The van der Waals surface area contributed by atoms with Gasteiger partial charge in [-0.15, -0.1) is 0 Å². The van der Waals surface area contributed by atoms with E-state index in [1.54, 1.807) is 30.3 Å². The molecule has 1 aliphatic rings. The molecule has 200 valence electrons. The van der Waals surface area contributed by atoms with Crippen molar-refractivity contribution in [2.24, 2.45) is 0 Å². The molecule has 1 aliphatic heterocycles. The van der Waals surface area contributed by atoms with Crippen LogP contribution in [0.15, 0.2) is 66.7 Å². The first-order chi connectivity index (χ1) is 18.0. The molecule has 10 heteroatoms. The van der Waals surface area contributed by atoms with Crippen LogP contribution in [0, 0.1) is 11.6 Å². The van der Waals surface area contributed by atoms with Crippen LogP contribution in [-0.2, 0) is 27.7 Å². The first-order valence-electron chi connectivity index (χ1n) is 11.9. The maximum Gasteiger partial charge on any atom is 0.416 e. The second-order valence-electron chi connectivity index (χ2n) is 9.10. The van der Waals surface area contributed by atoms with Gasteiger partial charge in [-0.2, -0.15) is 13.2 Å². The number of hydrogen-bond donors (Lipinski definition) is 1. The average molecular weight is 533 g/mol. The van der Waals surface area contributed by atoms with E-state index in [-0.39, 0.29) is 23.3 Å². The fraction of sp³-hybridized carbons (Fsp3) is 0.286. The topological polar surface area (TPSA) is 58.6 Å². The Morgan fingerprint density at radius 1 is 0.895 bits per heavy atom. The predicted molar refractivity (Wildman–Crippen MR) is 129 cm³/mol. The van der Waals surface area contributed by atoms with Crippen molar-refractivity contribution < 1.29 is 36.3 Å². The number of amides is 2. The molecule has 4 rings (SSSR count). The summed E-state index contributed by atoms with van der Waals surface area (Å²) in [5, 5.41) is 2.62. The number of benzene rings is 3. The zero-order valence-electron chi connectivity index (χ0n) is 20.4. The number of nitrogens with one attached hydrogen (secondary N) is 1. The van der Waals surface area contributed by atoms with Gasteiger partial charge in [0.25, 0.3) is 0 Å². The van der Waals surface area contributed by atoms with Crippen LogP contribution in [0.3, 0.4) is 0 Å². The van der Waals surface area contributed by atoms with Gasteiger partial charge in [-0.25, -0.2) is 8.78 Å². The Balaban J connectivity index is 1.97. The SMILES string of the molecule is COc1cc([C@@](Cc2ccccc2)(NC(=O)C(=O)N2CCCC2)c2cc(F)cc(C(F)(F)F)c2)ccc1F. The van der Waals surface area contributed by atoms with Gasteiger partial charge in [-0.05, 0) is 59.9 Å². The number of likely N-dealkylation sites (tertiary alicyclic amines) is 1. The molecule has 5 nitrogen and oxygen atoms in total. The minimum Gasteiger partial charge on any atom is -0.494 e. The van der Waals surface area contributed by atoms with Crippen molar-refractivity contribution in [1.29, 1.82) is 0 Å². The minimum absolute atomic E-state index is 0.0981. The molecule has 0 spiro atoms. The lowest BCUT2D eigenvalue weighted by atomic mass is 9.77. The van der Waals surface area contributed by atoms with Gasteiger partial charge < -0.3 is 15.0 Å². The van der Waals surface area contributed by atoms with Crippen molar-refractivity contribution in [3.05, 3.63) is 101 Å². The summed E-state index contributed by atoms with van der Waals surface area (Å²) in [5.74, 6) is -4.13. The fourth-order valence-corrected chi connectivity index (χ4v) is 4.70. The summed E-state index contributed by atoms with van der Waals surface area (Å²) in [6, 6.07) is 13.9. The van der Waals surface area contributed by atoms with Gasteiger partial charge in [-0.3, -0.25) is 9.59 Å². The van der Waals surface area contributed by atoms with Crippen molar-refractivity contribution in [2.75, 3.05) is 20.2 Å². The molecule has 0 radical (unpaired) electrons. The largest absolute Gasteiger partial charge is 0.494 e. The van der Waals surface area contributed by atoms with Gasteiger partial charge in [0.15, 0.2) is 11.6 Å². The highest BCUT2D eigenvalue weighted by Gasteiger charge is 2.42. The third-order valence-electron chi connectivity index (χ3n) is 6.59. The van der Waals surface area contributed by atoms with E-state index in [9.17, 15) is 31.5 Å². The number of halogens is 5. The Kier molecular flexibility index (Phi) is 7.71. The molecule has 1 saturated heterocycles. The number of alkyl halides is 3. The molecule has 1 N–H and O–H groups in total. The normalized spacial score (nSPS) is 15.2. The van der Waals surface area contributed by atoms with Gasteiger partial charge in [0.1, 0.15) is 5.82 Å². The van der Waals surface area contributed by atoms with Gasteiger partial charge in [0.2, 0.25) is 0 Å². The molecule has 0 saturated carbocycles. The van der Waals surface area contributed by atoms with Crippen LogP contribution in [0.25, 0.3) is 0 Å². The lowest BCUT2D eigenvalue weighted by Crippen LogP contribution is -2.53. The van der Waals surface area contributed by atoms with Gasteiger partial charge in [0.05, 0.1) is 18.2 Å². The number of methoxy groups -OCH3 is 1. The number of carbonyl (C=O) groups excluding carboxylic acids is 2. The lowest BCUT2D eigenvalue weighted by Gasteiger charge is -2.37. The molecular weight excluding hydrogens is 507 g/mol. The zero-order chi connectivity index (χ0) is 27.5. The van der Waals surface area contributed by atoms with Crippen LogP contribution >= 0.6 is 0 Å². The molecule has 1 atom stereocenters. The van der Waals surface area contributed by atoms with E-state index in [0.29, 0.717) is 37.6 Å². The minimum atomic E-state index is -4.90. The highest BCUT2D eigenvalue weighted by molar-refractivity contribution is 6.35. The monoisotopic (exact) mass is 532 g/mol. The average Bonchev–Trinajstić information content (AvgIpc) is 3.43. The van der Waals surface area contributed by atoms with Gasteiger partial charge in [0, 0.05) is 19.5 Å². The highest BCUT2D eigenvalue weighted by atomic mass is 19.4. The first kappa shape index (κ1) is 27.1. The third kappa shape index (κ3) is 5.64. The Morgan fingerprint density at radius 3 is 2.18 bits per heavy atom. The number of rotatable bonds is 6. The summed E-state index contributed by atoms with van der Waals surface area (Å²) in [6.07, 6.45) is -3.65. The number of hydrogen-bond acceptors (Lipinski definition) is 3. The van der Waals surface area contributed by atoms with E-state index in [1.165, 1.54) is 24.1 Å². The van der Waals surface area contributed by atoms with Crippen LogP contribution in [0.5, 0.6) is 5.75 Å². The maximum absolute atomic E-state index is 14.7. The summed E-state index contributed by atoms with van der Waals surface area (Å²) in [5.41, 5.74) is -2.80. The van der Waals surface area contributed by atoms with E-state index in [1.807, 2.05) is 0 Å². The standard InChI is InChI=1S/C28H25F5N2O3/c1-38-24-16-19(9-10-23(24)30)27(17-18-7-3-2-4-8-18,34-25(36)26(37)35-11-5-6-12-35)20-13-21(28(31,32)33)15-22(29)14-20/h2-4,7-10,13-16H,5-6,11-12,17H2,1H3,(H,34,36)/t27-/m1/s1. The van der Waals surface area contributed by atoms with Crippen molar-refractivity contribution >= 4 is 11.8 Å². The Morgan fingerprint density at radius 2 is 1.55 bits per heavy atom. The summed E-state index contributed by atoms with van der Waals surface area (Å²) >= 11 is 0. The fourth-order valence-electron chi connectivity index (χ4n) is 4.70. The van der Waals surface area contributed by atoms with Crippen molar-refractivity contribution in [2.45, 2.75) is 31.0 Å². The zero-order valence-corrected chi connectivity index (χ0v) is 20.4. The van der Waals surface area contributed by atoms with Crippen molar-refractivity contribution in [3.8, 4) is 5.75 Å². The van der Waals surface area contributed by atoms with Crippen LogP contribution in [0.2, 0.25) is 0 Å². The Bertz CT molecular complexity index is 1320. The maximum atomic E-state index is 14.7. The molecule has 1 fully saturated rings. The van der Waals surface area contributed by atoms with Crippen LogP contribution in [-0.4, -0.2) is 36.9 Å². The molecule has 1 heterocycles. The van der Waals surface area contributed by atoms with Crippen LogP contribution in [0.1, 0.15) is 35.1 Å². The van der Waals surface area contributed by atoms with E-state index < -0.39 is 40.7 Å². The van der Waals surface area contributed by atoms with Gasteiger partial charge in [-0.1, -0.05) is 36.4 Å². The number of carbonyl (C=O) groups is 2. The molecule has 0 bridgehead atoms. The lowest BCUT2D eigenvalue weighted by molar-refractivity contribution is -0.146. The van der Waals surface area contributed by atoms with E-state index in [0.717, 1.165) is 18.2 Å². The van der Waals surface area contributed by atoms with Crippen molar-refractivity contribution in [1.82, 2.24) is 10.2 Å². The molecule has 3 aromatic carbocycles. The summed E-state index contributed by atoms with van der Waals surface area (Å²) < 4.78 is 75.4. The molecule has 3 aromatic rings. The van der Waals surface area contributed by atoms with E-state index in [4.69, 9.17) is 4.74 Å².